The number of ether oxygens (including phenoxy) is 1. The van der Waals surface area contributed by atoms with Crippen LogP contribution in [-0.2, 0) is 6.54 Å². The monoisotopic (exact) mass is 516 g/mol. The van der Waals surface area contributed by atoms with Crippen LogP contribution in [0.25, 0.3) is 6.08 Å². The molecule has 0 aromatic heterocycles. The Morgan fingerprint density at radius 2 is 1.41 bits per heavy atom. The van der Waals surface area contributed by atoms with Crippen molar-refractivity contribution in [2.24, 2.45) is 0 Å². The highest BCUT2D eigenvalue weighted by Crippen LogP contribution is 2.25. The van der Waals surface area contributed by atoms with Crippen molar-refractivity contribution in [2.45, 2.75) is 6.54 Å². The van der Waals surface area contributed by atoms with E-state index in [1.807, 2.05) is 24.3 Å². The Bertz CT molecular complexity index is 1570. The van der Waals surface area contributed by atoms with Gasteiger partial charge in [-0.3, -0.25) is 24.1 Å². The van der Waals surface area contributed by atoms with Crippen molar-refractivity contribution in [3.05, 3.63) is 137 Å². The number of nitrogens with zero attached hydrogens (tertiary/aromatic N) is 1. The van der Waals surface area contributed by atoms with Crippen LogP contribution >= 0.6 is 0 Å². The summed E-state index contributed by atoms with van der Waals surface area (Å²) in [5, 5.41) is 2.83. The highest BCUT2D eigenvalue weighted by Gasteiger charge is 2.35. The first-order valence-electron chi connectivity index (χ1n) is 12.3. The maximum absolute atomic E-state index is 13.1. The molecule has 7 heteroatoms. The number of nitrogens with one attached hydrogen (secondary N) is 1. The maximum atomic E-state index is 13.1. The van der Waals surface area contributed by atoms with Gasteiger partial charge in [-0.25, -0.2) is 0 Å². The molecule has 0 saturated heterocycles. The van der Waals surface area contributed by atoms with Gasteiger partial charge in [-0.1, -0.05) is 48.5 Å². The number of allylic oxidation sites excluding steroid dienone is 1. The molecule has 1 heterocycles. The summed E-state index contributed by atoms with van der Waals surface area (Å²) in [6, 6.07) is 27.4. The second kappa shape index (κ2) is 11.0. The van der Waals surface area contributed by atoms with Gasteiger partial charge in [0.05, 0.1) is 24.8 Å². The van der Waals surface area contributed by atoms with Crippen LogP contribution in [0.1, 0.15) is 52.6 Å². The second-order valence-electron chi connectivity index (χ2n) is 8.90. The van der Waals surface area contributed by atoms with E-state index in [4.69, 9.17) is 4.74 Å². The van der Waals surface area contributed by atoms with Gasteiger partial charge in [-0.05, 0) is 71.8 Å². The van der Waals surface area contributed by atoms with Gasteiger partial charge in [0.2, 0.25) is 0 Å². The highest BCUT2D eigenvalue weighted by molar-refractivity contribution is 6.21. The van der Waals surface area contributed by atoms with Crippen molar-refractivity contribution >= 4 is 35.3 Å². The molecule has 0 unspecified atom stereocenters. The molecule has 192 valence electrons. The summed E-state index contributed by atoms with van der Waals surface area (Å²) in [5.41, 5.74) is 3.45. The molecule has 1 N–H and O–H groups in total. The van der Waals surface area contributed by atoms with Crippen molar-refractivity contribution in [3.63, 3.8) is 0 Å². The summed E-state index contributed by atoms with van der Waals surface area (Å²) >= 11 is 0. The van der Waals surface area contributed by atoms with Crippen LogP contribution in [0.5, 0.6) is 5.75 Å². The Labute approximate surface area is 225 Å². The van der Waals surface area contributed by atoms with Crippen molar-refractivity contribution in [1.82, 2.24) is 4.90 Å². The lowest BCUT2D eigenvalue weighted by atomic mass is 10.1. The van der Waals surface area contributed by atoms with Gasteiger partial charge in [0.25, 0.3) is 17.7 Å². The summed E-state index contributed by atoms with van der Waals surface area (Å²) in [6.45, 7) is -0.0239. The normalized spacial score (nSPS) is 12.5. The molecule has 0 spiro atoms. The molecule has 0 saturated carbocycles. The molecular formula is C32H24N2O5. The number of methoxy groups -OCH3 is 1. The Kier molecular flexibility index (Phi) is 7.14. The zero-order chi connectivity index (χ0) is 27.4. The summed E-state index contributed by atoms with van der Waals surface area (Å²) in [7, 11) is 1.59. The van der Waals surface area contributed by atoms with Crippen LogP contribution in [-0.4, -0.2) is 35.5 Å². The predicted octanol–water partition coefficient (Wildman–Crippen LogP) is 5.64. The topological polar surface area (TPSA) is 92.8 Å². The molecule has 4 aromatic carbocycles. The van der Waals surface area contributed by atoms with E-state index in [-0.39, 0.29) is 30.0 Å². The first kappa shape index (κ1) is 25.4. The van der Waals surface area contributed by atoms with Crippen molar-refractivity contribution in [1.29, 1.82) is 0 Å². The molecule has 0 fully saturated rings. The Morgan fingerprint density at radius 3 is 2.05 bits per heavy atom. The van der Waals surface area contributed by atoms with E-state index in [1.54, 1.807) is 86.0 Å². The first-order valence-corrected chi connectivity index (χ1v) is 12.3. The third-order valence-electron chi connectivity index (χ3n) is 6.44. The van der Waals surface area contributed by atoms with Crippen LogP contribution in [0.4, 0.5) is 5.69 Å². The number of hydrogen-bond donors (Lipinski definition) is 1. The number of carbonyl (C=O) groups excluding carboxylic acids is 4. The summed E-state index contributed by atoms with van der Waals surface area (Å²) in [5.74, 6) is -0.586. The van der Waals surface area contributed by atoms with Crippen LogP contribution in [0.2, 0.25) is 0 Å². The fourth-order valence-corrected chi connectivity index (χ4v) is 4.33. The van der Waals surface area contributed by atoms with Crippen molar-refractivity contribution < 1.29 is 23.9 Å². The summed E-state index contributed by atoms with van der Waals surface area (Å²) in [4.78, 5) is 52.4. The van der Waals surface area contributed by atoms with Gasteiger partial charge < -0.3 is 10.1 Å². The number of imide groups is 1. The number of carbonyl (C=O) groups is 4. The fraction of sp³-hybridized carbons (Fsp3) is 0.0625. The number of amides is 3. The lowest BCUT2D eigenvalue weighted by molar-refractivity contribution is 0.0640. The molecule has 7 nitrogen and oxygen atoms in total. The number of anilines is 1. The zero-order valence-electron chi connectivity index (χ0n) is 21.1. The zero-order valence-corrected chi connectivity index (χ0v) is 21.1. The number of benzene rings is 4. The van der Waals surface area contributed by atoms with Crippen molar-refractivity contribution in [3.8, 4) is 5.75 Å². The summed E-state index contributed by atoms with van der Waals surface area (Å²) in [6.07, 6.45) is 3.22. The Morgan fingerprint density at radius 1 is 0.795 bits per heavy atom. The molecular weight excluding hydrogens is 492 g/mol. The van der Waals surface area contributed by atoms with Gasteiger partial charge in [0, 0.05) is 16.8 Å². The van der Waals surface area contributed by atoms with Crippen LogP contribution in [0.15, 0.2) is 103 Å². The third kappa shape index (κ3) is 5.38. The first-order chi connectivity index (χ1) is 18.9. The Balaban J connectivity index is 1.25. The van der Waals surface area contributed by atoms with Gasteiger partial charge >= 0.3 is 0 Å². The highest BCUT2D eigenvalue weighted by atomic mass is 16.5. The molecule has 39 heavy (non-hydrogen) atoms. The molecule has 0 bridgehead atoms. The molecule has 1 aliphatic rings. The quantitative estimate of drug-likeness (QED) is 0.186. The molecule has 0 atom stereocenters. The lowest BCUT2D eigenvalue weighted by Crippen LogP contribution is -2.30. The average molecular weight is 517 g/mol. The van der Waals surface area contributed by atoms with Gasteiger partial charge in [0.1, 0.15) is 5.75 Å². The van der Waals surface area contributed by atoms with Gasteiger partial charge in [0.15, 0.2) is 5.78 Å². The third-order valence-corrected chi connectivity index (χ3v) is 6.44. The molecule has 3 amide bonds. The van der Waals surface area contributed by atoms with E-state index in [2.05, 4.69) is 5.32 Å². The van der Waals surface area contributed by atoms with E-state index in [1.165, 1.54) is 6.08 Å². The largest absolute Gasteiger partial charge is 0.497 e. The smallest absolute Gasteiger partial charge is 0.261 e. The predicted molar refractivity (Wildman–Crippen MR) is 148 cm³/mol. The SMILES string of the molecule is COc1ccc(/C=C/C(=O)c2ccc(NC(=O)c3ccccc3CN3C(=O)c4ccccc4C3=O)cc2)cc1. The average Bonchev–Trinajstić information content (AvgIpc) is 3.21. The standard InChI is InChI=1S/C32H24N2O5/c1-39-25-17-10-21(11-18-25)12-19-29(35)22-13-15-24(16-14-22)33-30(36)26-7-3-2-6-23(26)20-34-31(37)27-8-4-5-9-28(27)32(34)38/h2-19H,20H2,1H3,(H,33,36)/b19-12+. The number of fused-ring (bicyclic) bond motifs is 1. The molecule has 0 aliphatic carbocycles. The molecule has 0 radical (unpaired) electrons. The van der Waals surface area contributed by atoms with Crippen LogP contribution in [0, 0.1) is 0 Å². The lowest BCUT2D eigenvalue weighted by Gasteiger charge is -2.16. The number of rotatable bonds is 8. The van der Waals surface area contributed by atoms with E-state index < -0.39 is 0 Å². The van der Waals surface area contributed by atoms with Crippen molar-refractivity contribution in [2.75, 3.05) is 12.4 Å². The van der Waals surface area contributed by atoms with Crippen LogP contribution in [0.3, 0.4) is 0 Å². The van der Waals surface area contributed by atoms with E-state index >= 15 is 0 Å². The molecule has 1 aliphatic heterocycles. The van der Waals surface area contributed by atoms with Gasteiger partial charge in [-0.2, -0.15) is 0 Å². The Hall–Kier alpha value is -5.30. The molecule has 4 aromatic rings. The molecule has 5 rings (SSSR count). The van der Waals surface area contributed by atoms with E-state index in [0.29, 0.717) is 33.5 Å². The summed E-state index contributed by atoms with van der Waals surface area (Å²) < 4.78 is 5.14. The van der Waals surface area contributed by atoms with Gasteiger partial charge in [-0.15, -0.1) is 0 Å². The van der Waals surface area contributed by atoms with Crippen LogP contribution < -0.4 is 10.1 Å². The minimum atomic E-state index is -0.388. The fourth-order valence-electron chi connectivity index (χ4n) is 4.33. The van der Waals surface area contributed by atoms with E-state index in [0.717, 1.165) is 16.2 Å². The second-order valence-corrected chi connectivity index (χ2v) is 8.90. The number of hydrogen-bond acceptors (Lipinski definition) is 5. The minimum absolute atomic E-state index is 0.0239. The van der Waals surface area contributed by atoms with E-state index in [9.17, 15) is 19.2 Å². The number of ketones is 1. The minimum Gasteiger partial charge on any atom is -0.497 e. The maximum Gasteiger partial charge on any atom is 0.261 e.